The van der Waals surface area contributed by atoms with Crippen molar-refractivity contribution in [2.45, 2.75) is 13.0 Å². The lowest BCUT2D eigenvalue weighted by molar-refractivity contribution is 0.648. The first-order valence-corrected chi connectivity index (χ1v) is 6.36. The molecule has 4 nitrogen and oxygen atoms in total. The SMILES string of the molecule is CNC(C)c1ccc(-n2ncc3ccccc32)nc1. The van der Waals surface area contributed by atoms with Gasteiger partial charge in [-0.15, -0.1) is 0 Å². The second kappa shape index (κ2) is 4.82. The summed E-state index contributed by atoms with van der Waals surface area (Å²) >= 11 is 0. The Morgan fingerprint density at radius 2 is 1.95 bits per heavy atom. The van der Waals surface area contributed by atoms with E-state index in [1.54, 1.807) is 0 Å². The first-order valence-electron chi connectivity index (χ1n) is 6.36. The highest BCUT2D eigenvalue weighted by atomic mass is 15.3. The number of hydrogen-bond acceptors (Lipinski definition) is 3. The van der Waals surface area contributed by atoms with Gasteiger partial charge in [-0.05, 0) is 31.7 Å². The Bertz CT molecular complexity index is 685. The summed E-state index contributed by atoms with van der Waals surface area (Å²) in [6.07, 6.45) is 3.76. The molecule has 4 heteroatoms. The third-order valence-electron chi connectivity index (χ3n) is 3.40. The lowest BCUT2D eigenvalue weighted by Crippen LogP contribution is -2.12. The van der Waals surface area contributed by atoms with Crippen molar-refractivity contribution < 1.29 is 0 Å². The van der Waals surface area contributed by atoms with Crippen LogP contribution in [0.1, 0.15) is 18.5 Å². The number of para-hydroxylation sites is 1. The predicted octanol–water partition coefficient (Wildman–Crippen LogP) is 2.70. The zero-order chi connectivity index (χ0) is 13.2. The van der Waals surface area contributed by atoms with Crippen molar-refractivity contribution in [1.29, 1.82) is 0 Å². The van der Waals surface area contributed by atoms with Gasteiger partial charge >= 0.3 is 0 Å². The van der Waals surface area contributed by atoms with Crippen LogP contribution in [0.15, 0.2) is 48.8 Å². The molecule has 19 heavy (non-hydrogen) atoms. The molecule has 0 aliphatic rings. The van der Waals surface area contributed by atoms with Gasteiger partial charge in [-0.1, -0.05) is 24.3 Å². The maximum Gasteiger partial charge on any atom is 0.153 e. The van der Waals surface area contributed by atoms with Gasteiger partial charge in [-0.2, -0.15) is 5.10 Å². The van der Waals surface area contributed by atoms with Crippen LogP contribution in [-0.4, -0.2) is 21.8 Å². The van der Waals surface area contributed by atoms with Crippen LogP contribution >= 0.6 is 0 Å². The molecule has 0 spiro atoms. The van der Waals surface area contributed by atoms with E-state index in [0.29, 0.717) is 6.04 Å². The third-order valence-corrected chi connectivity index (χ3v) is 3.40. The number of rotatable bonds is 3. The van der Waals surface area contributed by atoms with Crippen molar-refractivity contribution in [2.24, 2.45) is 0 Å². The number of hydrogen-bond donors (Lipinski definition) is 1. The summed E-state index contributed by atoms with van der Waals surface area (Å²) < 4.78 is 1.86. The summed E-state index contributed by atoms with van der Waals surface area (Å²) in [5.74, 6) is 0.841. The maximum atomic E-state index is 4.50. The highest BCUT2D eigenvalue weighted by Crippen LogP contribution is 2.18. The van der Waals surface area contributed by atoms with Crippen molar-refractivity contribution in [1.82, 2.24) is 20.1 Å². The molecular weight excluding hydrogens is 236 g/mol. The van der Waals surface area contributed by atoms with Crippen molar-refractivity contribution in [3.05, 3.63) is 54.4 Å². The third kappa shape index (κ3) is 2.11. The molecule has 0 bridgehead atoms. The lowest BCUT2D eigenvalue weighted by atomic mass is 10.1. The number of benzene rings is 1. The van der Waals surface area contributed by atoms with E-state index in [1.165, 1.54) is 5.56 Å². The van der Waals surface area contributed by atoms with E-state index in [4.69, 9.17) is 0 Å². The number of fused-ring (bicyclic) bond motifs is 1. The van der Waals surface area contributed by atoms with E-state index in [-0.39, 0.29) is 0 Å². The first kappa shape index (κ1) is 11.9. The molecule has 1 aromatic carbocycles. The van der Waals surface area contributed by atoms with Crippen LogP contribution in [0.3, 0.4) is 0 Å². The topological polar surface area (TPSA) is 42.7 Å². The van der Waals surface area contributed by atoms with Gasteiger partial charge in [0.05, 0.1) is 11.7 Å². The summed E-state index contributed by atoms with van der Waals surface area (Å²) in [5, 5.41) is 8.72. The summed E-state index contributed by atoms with van der Waals surface area (Å²) in [7, 11) is 1.94. The lowest BCUT2D eigenvalue weighted by Gasteiger charge is -2.10. The molecule has 0 fully saturated rings. The second-order valence-corrected chi connectivity index (χ2v) is 4.58. The van der Waals surface area contributed by atoms with Crippen LogP contribution in [-0.2, 0) is 0 Å². The minimum absolute atomic E-state index is 0.302. The molecule has 0 saturated heterocycles. The second-order valence-electron chi connectivity index (χ2n) is 4.58. The maximum absolute atomic E-state index is 4.50. The molecule has 1 unspecified atom stereocenters. The Balaban J connectivity index is 2.02. The monoisotopic (exact) mass is 252 g/mol. The first-order chi connectivity index (χ1) is 9.29. The smallest absolute Gasteiger partial charge is 0.153 e. The van der Waals surface area contributed by atoms with E-state index in [0.717, 1.165) is 16.7 Å². The number of nitrogens with one attached hydrogen (secondary N) is 1. The molecule has 96 valence electrons. The average molecular weight is 252 g/mol. The van der Waals surface area contributed by atoms with Gasteiger partial charge in [0.1, 0.15) is 0 Å². The minimum Gasteiger partial charge on any atom is -0.313 e. The molecule has 3 aromatic rings. The van der Waals surface area contributed by atoms with E-state index < -0.39 is 0 Å². The normalized spacial score (nSPS) is 12.7. The fourth-order valence-corrected chi connectivity index (χ4v) is 2.10. The van der Waals surface area contributed by atoms with E-state index in [9.17, 15) is 0 Å². The molecule has 0 radical (unpaired) electrons. The van der Waals surface area contributed by atoms with Crippen molar-refractivity contribution in [3.8, 4) is 5.82 Å². The summed E-state index contributed by atoms with van der Waals surface area (Å²) in [5.41, 5.74) is 2.24. The minimum atomic E-state index is 0.302. The van der Waals surface area contributed by atoms with E-state index in [1.807, 2.05) is 48.4 Å². The molecule has 1 atom stereocenters. The molecule has 0 amide bonds. The van der Waals surface area contributed by atoms with Crippen molar-refractivity contribution in [3.63, 3.8) is 0 Å². The highest BCUT2D eigenvalue weighted by Gasteiger charge is 2.07. The molecule has 0 aliphatic carbocycles. The molecule has 3 rings (SSSR count). The van der Waals surface area contributed by atoms with E-state index >= 15 is 0 Å². The molecular formula is C15H16N4. The Morgan fingerprint density at radius 1 is 1.11 bits per heavy atom. The fraction of sp³-hybridized carbons (Fsp3) is 0.200. The molecule has 2 aromatic heterocycles. The largest absolute Gasteiger partial charge is 0.313 e. The van der Waals surface area contributed by atoms with Gasteiger partial charge < -0.3 is 5.32 Å². The zero-order valence-electron chi connectivity index (χ0n) is 11.0. The quantitative estimate of drug-likeness (QED) is 0.779. The van der Waals surface area contributed by atoms with Crippen LogP contribution in [0.5, 0.6) is 0 Å². The van der Waals surface area contributed by atoms with Gasteiger partial charge in [-0.3, -0.25) is 0 Å². The zero-order valence-corrected chi connectivity index (χ0v) is 11.0. The van der Waals surface area contributed by atoms with Crippen LogP contribution in [0.4, 0.5) is 0 Å². The Morgan fingerprint density at radius 3 is 2.68 bits per heavy atom. The Hall–Kier alpha value is -2.20. The average Bonchev–Trinajstić information content (AvgIpc) is 2.90. The van der Waals surface area contributed by atoms with Gasteiger partial charge in [0.2, 0.25) is 0 Å². The molecule has 0 saturated carbocycles. The number of nitrogens with zero attached hydrogens (tertiary/aromatic N) is 3. The number of pyridine rings is 1. The fourth-order valence-electron chi connectivity index (χ4n) is 2.10. The van der Waals surface area contributed by atoms with Crippen LogP contribution in [0.2, 0.25) is 0 Å². The van der Waals surface area contributed by atoms with E-state index in [2.05, 4.69) is 34.5 Å². The van der Waals surface area contributed by atoms with Gasteiger partial charge in [0.25, 0.3) is 0 Å². The number of aromatic nitrogens is 3. The summed E-state index contributed by atoms with van der Waals surface area (Å²) in [6, 6.07) is 12.5. The van der Waals surface area contributed by atoms with Crippen LogP contribution in [0, 0.1) is 0 Å². The van der Waals surface area contributed by atoms with Crippen molar-refractivity contribution in [2.75, 3.05) is 7.05 Å². The van der Waals surface area contributed by atoms with Crippen LogP contribution < -0.4 is 5.32 Å². The molecule has 1 N–H and O–H groups in total. The summed E-state index contributed by atoms with van der Waals surface area (Å²) in [6.45, 7) is 2.11. The van der Waals surface area contributed by atoms with Crippen molar-refractivity contribution >= 4 is 10.9 Å². The summed E-state index contributed by atoms with van der Waals surface area (Å²) in [4.78, 5) is 4.50. The van der Waals surface area contributed by atoms with Gasteiger partial charge in [0.15, 0.2) is 5.82 Å². The Kier molecular flexibility index (Phi) is 3.01. The van der Waals surface area contributed by atoms with Gasteiger partial charge in [0, 0.05) is 17.6 Å². The van der Waals surface area contributed by atoms with Gasteiger partial charge in [-0.25, -0.2) is 9.67 Å². The molecule has 0 aliphatic heterocycles. The Labute approximate surface area is 112 Å². The molecule has 2 heterocycles. The highest BCUT2D eigenvalue weighted by molar-refractivity contribution is 5.79. The predicted molar refractivity (Wildman–Crippen MR) is 76.3 cm³/mol. The standard InChI is InChI=1S/C15H16N4/c1-11(16-2)12-7-8-15(17-9-12)19-14-6-4-3-5-13(14)10-18-19/h3-11,16H,1-2H3. The van der Waals surface area contributed by atoms with Crippen LogP contribution in [0.25, 0.3) is 16.7 Å².